The molecule has 0 aliphatic rings. The summed E-state index contributed by atoms with van der Waals surface area (Å²) in [7, 11) is -0.384. The van der Waals surface area contributed by atoms with Crippen molar-refractivity contribution in [3.05, 3.63) is 35.9 Å². The zero-order chi connectivity index (χ0) is 13.9. The first-order valence-corrected chi connectivity index (χ1v) is 7.34. The van der Waals surface area contributed by atoms with Crippen molar-refractivity contribution in [2.45, 2.75) is 39.6 Å². The van der Waals surface area contributed by atoms with E-state index in [1.165, 1.54) is 18.4 Å². The van der Waals surface area contributed by atoms with Crippen molar-refractivity contribution in [2.24, 2.45) is 5.92 Å². The summed E-state index contributed by atoms with van der Waals surface area (Å²) >= 11 is 0. The molecule has 106 valence electrons. The van der Waals surface area contributed by atoms with Crippen molar-refractivity contribution < 1.29 is 5.02 Å². The molecule has 0 aliphatic carbocycles. The molecule has 0 radical (unpaired) electrons. The molecule has 0 aromatic heterocycles. The van der Waals surface area contributed by atoms with E-state index in [1.54, 1.807) is 6.82 Å². The minimum absolute atomic E-state index is 0.384. The molecule has 1 atom stereocenters. The lowest BCUT2D eigenvalue weighted by Crippen LogP contribution is -2.31. The van der Waals surface area contributed by atoms with E-state index in [-0.39, 0.29) is 7.05 Å². The van der Waals surface area contributed by atoms with Crippen LogP contribution in [0.5, 0.6) is 0 Å². The highest BCUT2D eigenvalue weighted by Gasteiger charge is 2.03. The molecule has 3 nitrogen and oxygen atoms in total. The second-order valence-electron chi connectivity index (χ2n) is 5.35. The van der Waals surface area contributed by atoms with Gasteiger partial charge in [-0.05, 0) is 44.2 Å². The van der Waals surface area contributed by atoms with Gasteiger partial charge in [0.25, 0.3) is 0 Å². The van der Waals surface area contributed by atoms with Gasteiger partial charge in [-0.2, -0.15) is 0 Å². The maximum Gasteiger partial charge on any atom is 0.373 e. The van der Waals surface area contributed by atoms with E-state index in [2.05, 4.69) is 41.7 Å². The molecule has 1 rings (SSSR count). The summed E-state index contributed by atoms with van der Waals surface area (Å²) < 4.78 is 0. The van der Waals surface area contributed by atoms with Crippen LogP contribution >= 0.6 is 0 Å². The van der Waals surface area contributed by atoms with Gasteiger partial charge in [0.05, 0.1) is 0 Å². The number of rotatable bonds is 10. The van der Waals surface area contributed by atoms with E-state index in [4.69, 9.17) is 5.02 Å². The predicted octanol–water partition coefficient (Wildman–Crippen LogP) is 2.28. The molecule has 0 heterocycles. The number of benzene rings is 1. The Labute approximate surface area is 117 Å². The first-order valence-electron chi connectivity index (χ1n) is 7.34. The Bertz CT molecular complexity index is 319. The van der Waals surface area contributed by atoms with E-state index in [9.17, 15) is 0 Å². The van der Waals surface area contributed by atoms with Crippen molar-refractivity contribution in [1.29, 1.82) is 0 Å². The number of nitrogens with one attached hydrogen (secondary N) is 2. The topological polar surface area (TPSA) is 44.3 Å². The Morgan fingerprint density at radius 3 is 2.63 bits per heavy atom. The van der Waals surface area contributed by atoms with Gasteiger partial charge in [0.2, 0.25) is 0 Å². The van der Waals surface area contributed by atoms with Crippen molar-refractivity contribution >= 4 is 7.05 Å². The Morgan fingerprint density at radius 1 is 1.21 bits per heavy atom. The average Bonchev–Trinajstić information content (AvgIpc) is 2.39. The SMILES string of the molecule is CB(O)NCCCCC(C)CNCc1ccccc1. The maximum atomic E-state index is 9.06. The fourth-order valence-electron chi connectivity index (χ4n) is 2.09. The molecule has 4 heteroatoms. The van der Waals surface area contributed by atoms with Crippen molar-refractivity contribution in [3.63, 3.8) is 0 Å². The summed E-state index contributed by atoms with van der Waals surface area (Å²) in [4.78, 5) is 0. The molecule has 1 aromatic rings. The molecule has 3 N–H and O–H groups in total. The van der Waals surface area contributed by atoms with Gasteiger partial charge in [0.15, 0.2) is 0 Å². The lowest BCUT2D eigenvalue weighted by molar-refractivity contribution is 0.456. The normalized spacial score (nSPS) is 12.4. The Balaban J connectivity index is 1.97. The smallest absolute Gasteiger partial charge is 0.373 e. The summed E-state index contributed by atoms with van der Waals surface area (Å²) in [6.07, 6.45) is 3.59. The number of hydrogen-bond donors (Lipinski definition) is 3. The lowest BCUT2D eigenvalue weighted by atomic mass is 9.88. The molecule has 0 fully saturated rings. The highest BCUT2D eigenvalue weighted by atomic mass is 16.2. The van der Waals surface area contributed by atoms with Gasteiger partial charge in [-0.15, -0.1) is 0 Å². The van der Waals surface area contributed by atoms with Gasteiger partial charge in [0.1, 0.15) is 0 Å². The summed E-state index contributed by atoms with van der Waals surface area (Å²) in [5.74, 6) is 0.704. The van der Waals surface area contributed by atoms with Crippen LogP contribution in [0.2, 0.25) is 6.82 Å². The number of unbranched alkanes of at least 4 members (excludes halogenated alkanes) is 1. The first kappa shape index (κ1) is 16.2. The van der Waals surface area contributed by atoms with Crippen molar-refractivity contribution in [2.75, 3.05) is 13.1 Å². The summed E-state index contributed by atoms with van der Waals surface area (Å²) in [5.41, 5.74) is 1.34. The fraction of sp³-hybridized carbons (Fsp3) is 0.600. The lowest BCUT2D eigenvalue weighted by Gasteiger charge is -2.13. The zero-order valence-electron chi connectivity index (χ0n) is 12.2. The van der Waals surface area contributed by atoms with Gasteiger partial charge in [-0.25, -0.2) is 0 Å². The number of hydrogen-bond acceptors (Lipinski definition) is 3. The molecule has 1 aromatic carbocycles. The van der Waals surface area contributed by atoms with Crippen LogP contribution in [-0.4, -0.2) is 25.2 Å². The van der Waals surface area contributed by atoms with Crippen LogP contribution < -0.4 is 10.5 Å². The van der Waals surface area contributed by atoms with Gasteiger partial charge >= 0.3 is 7.05 Å². The van der Waals surface area contributed by atoms with E-state index in [0.717, 1.165) is 26.1 Å². The van der Waals surface area contributed by atoms with Gasteiger partial charge < -0.3 is 15.6 Å². The van der Waals surface area contributed by atoms with E-state index >= 15 is 0 Å². The van der Waals surface area contributed by atoms with Gasteiger partial charge in [-0.1, -0.05) is 43.7 Å². The van der Waals surface area contributed by atoms with Crippen LogP contribution in [0.3, 0.4) is 0 Å². The quantitative estimate of drug-likeness (QED) is 0.448. The molecular formula is C15H27BN2O. The zero-order valence-corrected chi connectivity index (χ0v) is 12.2. The fourth-order valence-corrected chi connectivity index (χ4v) is 2.09. The molecule has 0 aliphatic heterocycles. The molecule has 1 unspecified atom stereocenters. The molecule has 0 bridgehead atoms. The highest BCUT2D eigenvalue weighted by molar-refractivity contribution is 6.45. The van der Waals surface area contributed by atoms with Crippen LogP contribution in [0.15, 0.2) is 30.3 Å². The Kier molecular flexibility index (Phi) is 8.55. The van der Waals surface area contributed by atoms with E-state index < -0.39 is 0 Å². The average molecular weight is 262 g/mol. The third-order valence-corrected chi connectivity index (χ3v) is 3.23. The minimum atomic E-state index is -0.384. The van der Waals surface area contributed by atoms with Crippen LogP contribution in [0.25, 0.3) is 0 Å². The largest absolute Gasteiger partial charge is 0.437 e. The van der Waals surface area contributed by atoms with Gasteiger partial charge in [-0.3, -0.25) is 0 Å². The van der Waals surface area contributed by atoms with E-state index in [1.807, 2.05) is 6.07 Å². The van der Waals surface area contributed by atoms with Crippen LogP contribution in [0.1, 0.15) is 31.7 Å². The van der Waals surface area contributed by atoms with Crippen LogP contribution in [-0.2, 0) is 6.54 Å². The van der Waals surface area contributed by atoms with E-state index in [0.29, 0.717) is 5.92 Å². The second-order valence-corrected chi connectivity index (χ2v) is 5.35. The second kappa shape index (κ2) is 10.0. The first-order chi connectivity index (χ1) is 9.18. The van der Waals surface area contributed by atoms with Crippen LogP contribution in [0.4, 0.5) is 0 Å². The van der Waals surface area contributed by atoms with Crippen LogP contribution in [0, 0.1) is 5.92 Å². The summed E-state index contributed by atoms with van der Waals surface area (Å²) in [5, 5.41) is 15.6. The summed E-state index contributed by atoms with van der Waals surface area (Å²) in [6, 6.07) is 10.5. The maximum absolute atomic E-state index is 9.06. The highest BCUT2D eigenvalue weighted by Crippen LogP contribution is 2.07. The molecule has 0 saturated heterocycles. The molecule has 0 spiro atoms. The Morgan fingerprint density at radius 2 is 1.95 bits per heavy atom. The van der Waals surface area contributed by atoms with Gasteiger partial charge in [0, 0.05) is 6.54 Å². The molecule has 19 heavy (non-hydrogen) atoms. The van der Waals surface area contributed by atoms with Crippen molar-refractivity contribution in [1.82, 2.24) is 10.5 Å². The Hall–Kier alpha value is -0.835. The third kappa shape index (κ3) is 8.81. The third-order valence-electron chi connectivity index (χ3n) is 3.23. The monoisotopic (exact) mass is 262 g/mol. The molecule has 0 amide bonds. The predicted molar refractivity (Wildman–Crippen MR) is 83.0 cm³/mol. The molecular weight excluding hydrogens is 235 g/mol. The standard InChI is InChI=1S/C15H27BN2O/c1-14(8-6-7-11-18-16(2)19)12-17-13-15-9-4-3-5-10-15/h3-5,9-10,14,17-19H,6-8,11-13H2,1-2H3. The molecule has 0 saturated carbocycles. The minimum Gasteiger partial charge on any atom is -0.437 e. The van der Waals surface area contributed by atoms with Crippen molar-refractivity contribution in [3.8, 4) is 0 Å². The summed E-state index contributed by atoms with van der Waals surface area (Å²) in [6.45, 7) is 6.98.